The smallest absolute Gasteiger partial charge is 0.261 e. The predicted octanol–water partition coefficient (Wildman–Crippen LogP) is 3.65. The summed E-state index contributed by atoms with van der Waals surface area (Å²) in [6.45, 7) is 3.20. The van der Waals surface area contributed by atoms with Gasteiger partial charge < -0.3 is 0 Å². The minimum Gasteiger partial charge on any atom is -0.295 e. The van der Waals surface area contributed by atoms with Gasteiger partial charge >= 0.3 is 0 Å². The zero-order valence-electron chi connectivity index (χ0n) is 11.6. The summed E-state index contributed by atoms with van der Waals surface area (Å²) in [6.07, 6.45) is 0. The molecule has 4 nitrogen and oxygen atoms in total. The second kappa shape index (κ2) is 5.87. The molecule has 0 radical (unpaired) electrons. The largest absolute Gasteiger partial charge is 0.295 e. The summed E-state index contributed by atoms with van der Waals surface area (Å²) in [7, 11) is -3.70. The maximum absolute atomic E-state index is 12.3. The second-order valence-corrected chi connectivity index (χ2v) is 6.76. The standard InChI is InChI=1S/C15H14ClNO3S/c1-10-9-13(16)5-8-15(10)17-21(19,20)14-6-3-12(4-7-14)11(2)18/h3-9,17H,1-2H3. The number of Topliss-reactive ketones (excluding diaryl/α,β-unsaturated/α-hetero) is 1. The minimum absolute atomic E-state index is 0.0989. The van der Waals surface area contributed by atoms with E-state index in [0.29, 0.717) is 16.3 Å². The van der Waals surface area contributed by atoms with Crippen LogP contribution in [0.5, 0.6) is 0 Å². The molecule has 0 aliphatic carbocycles. The Hall–Kier alpha value is -1.85. The monoisotopic (exact) mass is 323 g/mol. The molecule has 2 rings (SSSR count). The molecule has 21 heavy (non-hydrogen) atoms. The van der Waals surface area contributed by atoms with E-state index in [-0.39, 0.29) is 10.7 Å². The van der Waals surface area contributed by atoms with E-state index in [9.17, 15) is 13.2 Å². The van der Waals surface area contributed by atoms with Gasteiger partial charge in [-0.1, -0.05) is 23.7 Å². The van der Waals surface area contributed by atoms with Crippen molar-refractivity contribution in [2.45, 2.75) is 18.7 Å². The third-order valence-electron chi connectivity index (χ3n) is 3.00. The summed E-state index contributed by atoms with van der Waals surface area (Å²) >= 11 is 5.84. The van der Waals surface area contributed by atoms with E-state index in [4.69, 9.17) is 11.6 Å². The van der Waals surface area contributed by atoms with Crippen molar-refractivity contribution in [1.29, 1.82) is 0 Å². The van der Waals surface area contributed by atoms with E-state index in [0.717, 1.165) is 5.56 Å². The topological polar surface area (TPSA) is 63.2 Å². The summed E-state index contributed by atoms with van der Waals surface area (Å²) in [5.74, 6) is -0.111. The lowest BCUT2D eigenvalue weighted by molar-refractivity contribution is 0.101. The van der Waals surface area contributed by atoms with Crippen molar-refractivity contribution in [2.75, 3.05) is 4.72 Å². The lowest BCUT2D eigenvalue weighted by atomic mass is 10.2. The number of rotatable bonds is 4. The number of hydrogen-bond donors (Lipinski definition) is 1. The van der Waals surface area contributed by atoms with Crippen molar-refractivity contribution in [3.8, 4) is 0 Å². The Labute approximate surface area is 128 Å². The maximum Gasteiger partial charge on any atom is 0.261 e. The molecule has 0 aliphatic heterocycles. The van der Waals surface area contributed by atoms with Gasteiger partial charge in [0.05, 0.1) is 10.6 Å². The number of ketones is 1. The van der Waals surface area contributed by atoms with E-state index in [1.807, 2.05) is 0 Å². The first kappa shape index (κ1) is 15.5. The third kappa shape index (κ3) is 3.62. The fraction of sp³-hybridized carbons (Fsp3) is 0.133. The van der Waals surface area contributed by atoms with Gasteiger partial charge in [-0.05, 0) is 49.7 Å². The Morgan fingerprint density at radius 3 is 2.24 bits per heavy atom. The van der Waals surface area contributed by atoms with Crippen LogP contribution in [0.2, 0.25) is 5.02 Å². The van der Waals surface area contributed by atoms with Crippen molar-refractivity contribution in [2.24, 2.45) is 0 Å². The van der Waals surface area contributed by atoms with Gasteiger partial charge in [-0.25, -0.2) is 8.42 Å². The van der Waals surface area contributed by atoms with Crippen LogP contribution in [-0.2, 0) is 10.0 Å². The van der Waals surface area contributed by atoms with Crippen LogP contribution in [0.4, 0.5) is 5.69 Å². The van der Waals surface area contributed by atoms with Crippen molar-refractivity contribution in [1.82, 2.24) is 0 Å². The summed E-state index contributed by atoms with van der Waals surface area (Å²) < 4.78 is 27.1. The molecule has 0 spiro atoms. The average molecular weight is 324 g/mol. The van der Waals surface area contributed by atoms with Crippen LogP contribution in [0.1, 0.15) is 22.8 Å². The van der Waals surface area contributed by atoms with Gasteiger partial charge in [-0.2, -0.15) is 0 Å². The fourth-order valence-corrected chi connectivity index (χ4v) is 3.17. The molecule has 0 unspecified atom stereocenters. The fourth-order valence-electron chi connectivity index (χ4n) is 1.81. The summed E-state index contributed by atoms with van der Waals surface area (Å²) in [6, 6.07) is 10.7. The molecule has 0 saturated carbocycles. The Bertz CT molecular complexity index is 783. The summed E-state index contributed by atoms with van der Waals surface area (Å²) in [4.78, 5) is 11.3. The van der Waals surface area contributed by atoms with Gasteiger partial charge in [-0.15, -0.1) is 0 Å². The highest BCUT2D eigenvalue weighted by Gasteiger charge is 2.15. The number of nitrogens with one attached hydrogen (secondary N) is 1. The van der Waals surface area contributed by atoms with Gasteiger partial charge in [0.2, 0.25) is 0 Å². The minimum atomic E-state index is -3.70. The first-order chi connectivity index (χ1) is 9.79. The number of anilines is 1. The first-order valence-electron chi connectivity index (χ1n) is 6.19. The quantitative estimate of drug-likeness (QED) is 0.873. The highest BCUT2D eigenvalue weighted by molar-refractivity contribution is 7.92. The molecule has 110 valence electrons. The number of sulfonamides is 1. The third-order valence-corrected chi connectivity index (χ3v) is 4.62. The molecule has 0 aliphatic rings. The van der Waals surface area contributed by atoms with E-state index < -0.39 is 10.0 Å². The van der Waals surface area contributed by atoms with Gasteiger partial charge in [0.1, 0.15) is 0 Å². The Kier molecular flexibility index (Phi) is 4.34. The zero-order valence-corrected chi connectivity index (χ0v) is 13.1. The Morgan fingerprint density at radius 2 is 1.71 bits per heavy atom. The molecule has 2 aromatic carbocycles. The van der Waals surface area contributed by atoms with Crippen LogP contribution < -0.4 is 4.72 Å². The van der Waals surface area contributed by atoms with Gasteiger partial charge in [-0.3, -0.25) is 9.52 Å². The number of hydrogen-bond acceptors (Lipinski definition) is 3. The molecular weight excluding hydrogens is 310 g/mol. The number of benzene rings is 2. The molecule has 0 aromatic heterocycles. The lowest BCUT2D eigenvalue weighted by Gasteiger charge is -2.11. The molecule has 2 aromatic rings. The van der Waals surface area contributed by atoms with Crippen LogP contribution in [0.15, 0.2) is 47.4 Å². The second-order valence-electron chi connectivity index (χ2n) is 4.65. The van der Waals surface area contributed by atoms with Gasteiger partial charge in [0.25, 0.3) is 10.0 Å². The highest BCUT2D eigenvalue weighted by atomic mass is 35.5. The van der Waals surface area contributed by atoms with Crippen LogP contribution in [0.25, 0.3) is 0 Å². The molecule has 0 saturated heterocycles. The predicted molar refractivity (Wildman–Crippen MR) is 83.4 cm³/mol. The highest BCUT2D eigenvalue weighted by Crippen LogP contribution is 2.23. The molecule has 0 heterocycles. The van der Waals surface area contributed by atoms with Crippen molar-refractivity contribution >= 4 is 33.1 Å². The molecule has 0 amide bonds. The SMILES string of the molecule is CC(=O)c1ccc(S(=O)(=O)Nc2ccc(Cl)cc2C)cc1. The van der Waals surface area contributed by atoms with Crippen LogP contribution >= 0.6 is 11.6 Å². The van der Waals surface area contributed by atoms with Crippen molar-refractivity contribution in [3.63, 3.8) is 0 Å². The molecule has 0 fully saturated rings. The zero-order chi connectivity index (χ0) is 15.6. The number of carbonyl (C=O) groups excluding carboxylic acids is 1. The van der Waals surface area contributed by atoms with Crippen LogP contribution in [0, 0.1) is 6.92 Å². The molecule has 0 bridgehead atoms. The average Bonchev–Trinajstić information content (AvgIpc) is 2.42. The summed E-state index contributed by atoms with van der Waals surface area (Å²) in [5.41, 5.74) is 1.66. The first-order valence-corrected chi connectivity index (χ1v) is 8.06. The van der Waals surface area contributed by atoms with Gasteiger partial charge in [0.15, 0.2) is 5.78 Å². The van der Waals surface area contributed by atoms with Crippen molar-refractivity contribution < 1.29 is 13.2 Å². The molecule has 1 N–H and O–H groups in total. The number of halogens is 1. The van der Waals surface area contributed by atoms with E-state index in [1.54, 1.807) is 25.1 Å². The normalized spacial score (nSPS) is 11.2. The Balaban J connectivity index is 2.31. The molecular formula is C15H14ClNO3S. The van der Waals surface area contributed by atoms with Crippen LogP contribution in [0.3, 0.4) is 0 Å². The van der Waals surface area contributed by atoms with Gasteiger partial charge in [0, 0.05) is 10.6 Å². The van der Waals surface area contributed by atoms with E-state index in [2.05, 4.69) is 4.72 Å². The maximum atomic E-state index is 12.3. The molecule has 0 atom stereocenters. The Morgan fingerprint density at radius 1 is 1.10 bits per heavy atom. The molecule has 6 heteroatoms. The van der Waals surface area contributed by atoms with E-state index >= 15 is 0 Å². The van der Waals surface area contributed by atoms with E-state index in [1.165, 1.54) is 31.2 Å². The number of carbonyl (C=O) groups is 1. The van der Waals surface area contributed by atoms with Crippen molar-refractivity contribution in [3.05, 3.63) is 58.6 Å². The number of aryl methyl sites for hydroxylation is 1. The summed E-state index contributed by atoms with van der Waals surface area (Å²) in [5, 5.41) is 0.543. The van der Waals surface area contributed by atoms with Crippen LogP contribution in [-0.4, -0.2) is 14.2 Å². The lowest BCUT2D eigenvalue weighted by Crippen LogP contribution is -2.13.